The minimum atomic E-state index is -0.590. The number of benzene rings is 1. The molecule has 2 unspecified atom stereocenters. The number of hydrogen-bond acceptors (Lipinski definition) is 6. The van der Waals surface area contributed by atoms with E-state index in [0.717, 1.165) is 50.0 Å². The molecule has 5 rings (SSSR count). The summed E-state index contributed by atoms with van der Waals surface area (Å²) in [5.74, 6) is -0.216. The number of anilines is 1. The van der Waals surface area contributed by atoms with E-state index >= 15 is 4.39 Å². The molecule has 4 aliphatic heterocycles. The zero-order valence-corrected chi connectivity index (χ0v) is 23.5. The maximum atomic E-state index is 15.5. The number of allylic oxidation sites excluding steroid dienone is 3. The van der Waals surface area contributed by atoms with Crippen LogP contribution in [0.3, 0.4) is 0 Å². The molecule has 1 amide bonds. The molecule has 8 heteroatoms. The molecule has 7 nitrogen and oxygen atoms in total. The molecular formula is C31H39FN4O3. The predicted molar refractivity (Wildman–Crippen MR) is 151 cm³/mol. The van der Waals surface area contributed by atoms with Crippen molar-refractivity contribution in [2.75, 3.05) is 31.6 Å². The summed E-state index contributed by atoms with van der Waals surface area (Å²) in [4.78, 5) is 36.5. The van der Waals surface area contributed by atoms with E-state index in [-0.39, 0.29) is 29.7 Å². The molecule has 0 aromatic heterocycles. The van der Waals surface area contributed by atoms with Crippen LogP contribution in [0.2, 0.25) is 0 Å². The molecule has 0 saturated carbocycles. The molecule has 2 fully saturated rings. The van der Waals surface area contributed by atoms with Gasteiger partial charge < -0.3 is 19.4 Å². The second kappa shape index (κ2) is 11.0. The van der Waals surface area contributed by atoms with Gasteiger partial charge in [-0.05, 0) is 69.4 Å². The van der Waals surface area contributed by atoms with E-state index in [1.807, 2.05) is 58.2 Å². The summed E-state index contributed by atoms with van der Waals surface area (Å²) in [6.07, 6.45) is 13.5. The van der Waals surface area contributed by atoms with Crippen LogP contribution in [0.4, 0.5) is 10.1 Å². The first-order valence-corrected chi connectivity index (χ1v) is 14.2. The third kappa shape index (κ3) is 5.25. The first kappa shape index (κ1) is 27.2. The van der Waals surface area contributed by atoms with Crippen LogP contribution >= 0.6 is 0 Å². The fraction of sp³-hybridized carbons (Fsp3) is 0.516. The van der Waals surface area contributed by atoms with Crippen LogP contribution in [-0.2, 0) is 14.3 Å². The van der Waals surface area contributed by atoms with Gasteiger partial charge in [0.1, 0.15) is 17.3 Å². The number of fused-ring (bicyclic) bond motifs is 1. The Bertz CT molecular complexity index is 1270. The predicted octanol–water partition coefficient (Wildman–Crippen LogP) is 5.51. The van der Waals surface area contributed by atoms with Crippen LogP contribution in [0.25, 0.3) is 0 Å². The van der Waals surface area contributed by atoms with Gasteiger partial charge in [-0.3, -0.25) is 9.59 Å². The van der Waals surface area contributed by atoms with Gasteiger partial charge in [0.25, 0.3) is 5.91 Å². The fourth-order valence-electron chi connectivity index (χ4n) is 6.15. The first-order valence-electron chi connectivity index (χ1n) is 14.2. The van der Waals surface area contributed by atoms with E-state index in [0.29, 0.717) is 36.6 Å². The van der Waals surface area contributed by atoms with E-state index in [4.69, 9.17) is 9.73 Å². The van der Waals surface area contributed by atoms with Crippen LogP contribution < -0.4 is 4.90 Å². The summed E-state index contributed by atoms with van der Waals surface area (Å²) in [5, 5.41) is 0. The molecule has 208 valence electrons. The van der Waals surface area contributed by atoms with Gasteiger partial charge in [0.05, 0.1) is 12.5 Å². The van der Waals surface area contributed by atoms with Crippen molar-refractivity contribution in [2.24, 2.45) is 10.4 Å². The molecule has 39 heavy (non-hydrogen) atoms. The second-order valence-corrected chi connectivity index (χ2v) is 11.4. The van der Waals surface area contributed by atoms with E-state index in [1.54, 1.807) is 6.07 Å². The topological polar surface area (TPSA) is 65.5 Å². The van der Waals surface area contributed by atoms with Crippen LogP contribution in [0.15, 0.2) is 59.1 Å². The Balaban J connectivity index is 1.38. The Morgan fingerprint density at radius 2 is 2.03 bits per heavy atom. The molecule has 0 N–H and O–H groups in total. The van der Waals surface area contributed by atoms with Crippen LogP contribution in [0.1, 0.15) is 70.8 Å². The number of likely N-dealkylation sites (tertiary alicyclic amines) is 1. The maximum Gasteiger partial charge on any atom is 0.313 e. The molecule has 4 heterocycles. The average molecular weight is 535 g/mol. The molecule has 1 aromatic rings. The highest BCUT2D eigenvalue weighted by Crippen LogP contribution is 2.37. The van der Waals surface area contributed by atoms with Gasteiger partial charge in [-0.1, -0.05) is 31.9 Å². The third-order valence-electron chi connectivity index (χ3n) is 8.62. The Morgan fingerprint density at radius 1 is 1.21 bits per heavy atom. The monoisotopic (exact) mass is 534 g/mol. The lowest BCUT2D eigenvalue weighted by molar-refractivity contribution is -0.150. The largest absolute Gasteiger partial charge is 0.469 e. The zero-order valence-electron chi connectivity index (χ0n) is 23.5. The van der Waals surface area contributed by atoms with Crippen LogP contribution in [0, 0.1) is 11.2 Å². The molecule has 1 aromatic carbocycles. The van der Waals surface area contributed by atoms with Gasteiger partial charge in [0.15, 0.2) is 0 Å². The van der Waals surface area contributed by atoms with Gasteiger partial charge in [-0.15, -0.1) is 0 Å². The van der Waals surface area contributed by atoms with Crippen LogP contribution in [-0.4, -0.2) is 60.2 Å². The van der Waals surface area contributed by atoms with Crippen molar-refractivity contribution in [2.45, 2.75) is 71.3 Å². The van der Waals surface area contributed by atoms with Crippen LogP contribution in [0.5, 0.6) is 0 Å². The van der Waals surface area contributed by atoms with Crippen molar-refractivity contribution in [3.63, 3.8) is 0 Å². The minimum Gasteiger partial charge on any atom is -0.469 e. The molecule has 0 bridgehead atoms. The Kier molecular flexibility index (Phi) is 7.65. The summed E-state index contributed by atoms with van der Waals surface area (Å²) in [5.41, 5.74) is 2.16. The van der Waals surface area contributed by atoms with Gasteiger partial charge in [0, 0.05) is 49.2 Å². The summed E-state index contributed by atoms with van der Waals surface area (Å²) in [6.45, 7) is 7.99. The van der Waals surface area contributed by atoms with E-state index in [2.05, 4.69) is 13.8 Å². The lowest BCUT2D eigenvalue weighted by Gasteiger charge is -2.33. The number of halogens is 1. The molecule has 0 spiro atoms. The minimum absolute atomic E-state index is 0.0258. The van der Waals surface area contributed by atoms with Crippen molar-refractivity contribution in [3.05, 3.63) is 65.5 Å². The summed E-state index contributed by atoms with van der Waals surface area (Å²) >= 11 is 0. The molecule has 0 radical (unpaired) electrons. The SMILES string of the molecule is CCC1=CC(C(=O)N2CCCCC[C@H]2C)=NC2=CC(c3ccc(N4CCC(C)(C(=O)OC)C4)cc3F)C=CN12. The number of nitrogens with zero attached hydrogens (tertiary/aromatic N) is 4. The Labute approximate surface area is 230 Å². The smallest absolute Gasteiger partial charge is 0.313 e. The van der Waals surface area contributed by atoms with Crippen molar-refractivity contribution in [1.82, 2.24) is 9.80 Å². The summed E-state index contributed by atoms with van der Waals surface area (Å²) < 4.78 is 20.5. The third-order valence-corrected chi connectivity index (χ3v) is 8.62. The number of esters is 1. The van der Waals surface area contributed by atoms with Crippen molar-refractivity contribution >= 4 is 23.3 Å². The highest BCUT2D eigenvalue weighted by Gasteiger charge is 2.41. The number of carbonyl (C=O) groups is 2. The Hall–Kier alpha value is -3.42. The first-order chi connectivity index (χ1) is 18.7. The van der Waals surface area contributed by atoms with Gasteiger partial charge >= 0.3 is 5.97 Å². The van der Waals surface area contributed by atoms with Crippen molar-refractivity contribution < 1.29 is 18.7 Å². The molecular weight excluding hydrogens is 495 g/mol. The number of amides is 1. The number of ether oxygens (including phenoxy) is 1. The quantitative estimate of drug-likeness (QED) is 0.466. The molecule has 3 atom stereocenters. The second-order valence-electron chi connectivity index (χ2n) is 11.4. The number of methoxy groups -OCH3 is 1. The van der Waals surface area contributed by atoms with E-state index in [9.17, 15) is 9.59 Å². The van der Waals surface area contributed by atoms with Gasteiger partial charge in [0.2, 0.25) is 0 Å². The fourth-order valence-corrected chi connectivity index (χ4v) is 6.15. The number of hydrogen-bond donors (Lipinski definition) is 0. The normalized spacial score (nSPS) is 26.9. The lowest BCUT2D eigenvalue weighted by Crippen LogP contribution is -2.43. The molecule has 0 aliphatic carbocycles. The standard InChI is InChI=1S/C31H39FN4O3/c1-5-23-19-27(29(37)35-14-8-6-7-9-21(35)2)33-28-17-22(12-15-36(23)28)25-11-10-24(18-26(25)32)34-16-13-31(3,20-34)30(38)39-4/h10-12,15,17-19,21-22H,5-9,13-14,16,20H2,1-4H3/t21-,22?,31?/m1/s1. The summed E-state index contributed by atoms with van der Waals surface area (Å²) in [6, 6.07) is 5.47. The number of rotatable bonds is 5. The van der Waals surface area contributed by atoms with Gasteiger partial charge in [-0.2, -0.15) is 0 Å². The van der Waals surface area contributed by atoms with Gasteiger partial charge in [-0.25, -0.2) is 9.38 Å². The summed E-state index contributed by atoms with van der Waals surface area (Å²) in [7, 11) is 1.40. The molecule has 4 aliphatic rings. The number of aliphatic imine (C=N–C) groups is 1. The maximum absolute atomic E-state index is 15.5. The van der Waals surface area contributed by atoms with E-state index in [1.165, 1.54) is 7.11 Å². The van der Waals surface area contributed by atoms with Crippen molar-refractivity contribution in [3.8, 4) is 0 Å². The zero-order chi connectivity index (χ0) is 27.7. The lowest BCUT2D eigenvalue weighted by atomic mass is 9.90. The highest BCUT2D eigenvalue weighted by molar-refractivity contribution is 6.43. The highest BCUT2D eigenvalue weighted by atomic mass is 19.1. The average Bonchev–Trinajstić information content (AvgIpc) is 3.23. The molecule has 2 saturated heterocycles. The van der Waals surface area contributed by atoms with Crippen molar-refractivity contribution in [1.29, 1.82) is 0 Å². The number of carbonyl (C=O) groups excluding carboxylic acids is 2. The Morgan fingerprint density at radius 3 is 2.77 bits per heavy atom. The van der Waals surface area contributed by atoms with E-state index < -0.39 is 5.41 Å².